The van der Waals surface area contributed by atoms with Crippen LogP contribution in [0.5, 0.6) is 0 Å². The molecule has 0 aromatic carbocycles. The maximum atomic E-state index is 12.2. The summed E-state index contributed by atoms with van der Waals surface area (Å²) < 4.78 is 0. The molecule has 0 bridgehead atoms. The quantitative estimate of drug-likeness (QED) is 0.888. The van der Waals surface area contributed by atoms with Crippen LogP contribution in [-0.4, -0.2) is 23.5 Å². The molecule has 0 radical (unpaired) electrons. The molecule has 1 aromatic heterocycles. The largest absolute Gasteiger partial charge is 0.481 e. The number of aryl methyl sites for hydroxylation is 1. The summed E-state index contributed by atoms with van der Waals surface area (Å²) in [6, 6.07) is 0. The fourth-order valence-electron chi connectivity index (χ4n) is 2.65. The molecular weight excluding hydrogens is 262 g/mol. The van der Waals surface area contributed by atoms with Crippen molar-refractivity contribution in [2.24, 2.45) is 5.41 Å². The summed E-state index contributed by atoms with van der Waals surface area (Å²) in [4.78, 5) is 24.6. The van der Waals surface area contributed by atoms with Gasteiger partial charge in [-0.15, -0.1) is 11.3 Å². The van der Waals surface area contributed by atoms with Crippen LogP contribution in [0.15, 0.2) is 5.38 Å². The van der Waals surface area contributed by atoms with E-state index < -0.39 is 11.4 Å². The van der Waals surface area contributed by atoms with Crippen LogP contribution < -0.4 is 5.32 Å². The predicted molar refractivity (Wildman–Crippen MR) is 72.6 cm³/mol. The van der Waals surface area contributed by atoms with Crippen molar-refractivity contribution in [1.29, 1.82) is 0 Å². The third-order valence-corrected chi connectivity index (χ3v) is 5.29. The molecule has 0 saturated heterocycles. The Labute approximate surface area is 115 Å². The molecule has 1 heterocycles. The summed E-state index contributed by atoms with van der Waals surface area (Å²) >= 11 is 1.66. The standard InChI is InChI=1S/C14H17NO3S/c16-12(15-8-14(5-6-14)13(17)18)10-7-19-11-4-2-1-3-9(10)11/h7H,1-6,8H2,(H,15,16)(H,17,18). The Kier molecular flexibility index (Phi) is 3.09. The summed E-state index contributed by atoms with van der Waals surface area (Å²) in [6.07, 6.45) is 5.74. The van der Waals surface area contributed by atoms with Gasteiger partial charge in [-0.2, -0.15) is 0 Å². The highest BCUT2D eigenvalue weighted by molar-refractivity contribution is 7.10. The molecule has 2 N–H and O–H groups in total. The number of amides is 1. The molecule has 0 atom stereocenters. The molecule has 19 heavy (non-hydrogen) atoms. The maximum Gasteiger partial charge on any atom is 0.311 e. The highest BCUT2D eigenvalue weighted by atomic mass is 32.1. The number of carboxylic acid groups (broad SMARTS) is 1. The Morgan fingerprint density at radius 2 is 2.05 bits per heavy atom. The lowest BCUT2D eigenvalue weighted by atomic mass is 9.95. The van der Waals surface area contributed by atoms with Crippen LogP contribution >= 0.6 is 11.3 Å². The van der Waals surface area contributed by atoms with Gasteiger partial charge in [0.05, 0.1) is 11.0 Å². The van der Waals surface area contributed by atoms with Crippen molar-refractivity contribution < 1.29 is 14.7 Å². The number of hydrogen-bond acceptors (Lipinski definition) is 3. The van der Waals surface area contributed by atoms with E-state index in [-0.39, 0.29) is 12.5 Å². The van der Waals surface area contributed by atoms with Gasteiger partial charge >= 0.3 is 5.97 Å². The van der Waals surface area contributed by atoms with Crippen molar-refractivity contribution in [3.8, 4) is 0 Å². The minimum atomic E-state index is -0.792. The Balaban J connectivity index is 1.68. The van der Waals surface area contributed by atoms with Crippen molar-refractivity contribution in [1.82, 2.24) is 5.32 Å². The predicted octanol–water partition coefficient (Wildman–Crippen LogP) is 2.22. The molecular formula is C14H17NO3S. The van der Waals surface area contributed by atoms with Crippen LogP contribution in [-0.2, 0) is 17.6 Å². The van der Waals surface area contributed by atoms with E-state index in [0.29, 0.717) is 12.8 Å². The highest BCUT2D eigenvalue weighted by Gasteiger charge is 2.50. The average molecular weight is 279 g/mol. The van der Waals surface area contributed by atoms with E-state index in [1.54, 1.807) is 11.3 Å². The fourth-order valence-corrected chi connectivity index (χ4v) is 3.77. The van der Waals surface area contributed by atoms with Crippen LogP contribution in [0.3, 0.4) is 0 Å². The zero-order valence-electron chi connectivity index (χ0n) is 10.7. The van der Waals surface area contributed by atoms with Crippen LogP contribution in [0.25, 0.3) is 0 Å². The van der Waals surface area contributed by atoms with Crippen LogP contribution in [0.2, 0.25) is 0 Å². The van der Waals surface area contributed by atoms with Gasteiger partial charge < -0.3 is 10.4 Å². The SMILES string of the molecule is O=C(NCC1(C(=O)O)CC1)c1csc2c1CCCC2. The first-order valence-electron chi connectivity index (χ1n) is 6.73. The van der Waals surface area contributed by atoms with Gasteiger partial charge in [-0.3, -0.25) is 9.59 Å². The molecule has 2 aliphatic rings. The van der Waals surface area contributed by atoms with Crippen molar-refractivity contribution in [3.05, 3.63) is 21.4 Å². The minimum Gasteiger partial charge on any atom is -0.481 e. The number of fused-ring (bicyclic) bond motifs is 1. The van der Waals surface area contributed by atoms with Crippen LogP contribution in [0, 0.1) is 5.41 Å². The zero-order valence-corrected chi connectivity index (χ0v) is 11.5. The number of nitrogens with one attached hydrogen (secondary N) is 1. The molecule has 0 spiro atoms. The molecule has 2 aliphatic carbocycles. The molecule has 0 unspecified atom stereocenters. The Bertz CT molecular complexity index is 531. The number of carbonyl (C=O) groups is 2. The maximum absolute atomic E-state index is 12.2. The number of rotatable bonds is 4. The van der Waals surface area contributed by atoms with Crippen molar-refractivity contribution >= 4 is 23.2 Å². The number of carboxylic acids is 1. The second-order valence-electron chi connectivity index (χ2n) is 5.53. The van der Waals surface area contributed by atoms with E-state index in [0.717, 1.165) is 24.8 Å². The van der Waals surface area contributed by atoms with E-state index in [1.807, 2.05) is 5.38 Å². The summed E-state index contributed by atoms with van der Waals surface area (Å²) in [5.74, 6) is -0.896. The first-order valence-corrected chi connectivity index (χ1v) is 7.61. The van der Waals surface area contributed by atoms with Gasteiger partial charge in [-0.05, 0) is 44.1 Å². The van der Waals surface area contributed by atoms with E-state index in [1.165, 1.54) is 16.9 Å². The van der Waals surface area contributed by atoms with Gasteiger partial charge in [-0.25, -0.2) is 0 Å². The Morgan fingerprint density at radius 1 is 1.32 bits per heavy atom. The molecule has 1 fully saturated rings. The van der Waals surface area contributed by atoms with E-state index in [9.17, 15) is 9.59 Å². The molecule has 0 aliphatic heterocycles. The number of hydrogen-bond donors (Lipinski definition) is 2. The number of carbonyl (C=O) groups excluding carboxylic acids is 1. The van der Waals surface area contributed by atoms with Crippen LogP contribution in [0.4, 0.5) is 0 Å². The van der Waals surface area contributed by atoms with E-state index in [4.69, 9.17) is 5.11 Å². The zero-order chi connectivity index (χ0) is 13.5. The molecule has 1 aromatic rings. The van der Waals surface area contributed by atoms with Crippen LogP contribution in [0.1, 0.15) is 46.5 Å². The lowest BCUT2D eigenvalue weighted by Gasteiger charge is -2.14. The summed E-state index contributed by atoms with van der Waals surface area (Å²) in [5, 5.41) is 13.8. The van der Waals surface area contributed by atoms with Crippen molar-refractivity contribution in [2.75, 3.05) is 6.54 Å². The number of aliphatic carboxylic acids is 1. The topological polar surface area (TPSA) is 66.4 Å². The second-order valence-corrected chi connectivity index (χ2v) is 6.49. The molecule has 3 rings (SSSR count). The first-order chi connectivity index (χ1) is 9.12. The van der Waals surface area contributed by atoms with E-state index >= 15 is 0 Å². The minimum absolute atomic E-state index is 0.105. The summed E-state index contributed by atoms with van der Waals surface area (Å²) in [5.41, 5.74) is 1.26. The van der Waals surface area contributed by atoms with Gasteiger partial charge in [0.25, 0.3) is 5.91 Å². The third kappa shape index (κ3) is 2.27. The first kappa shape index (κ1) is 12.7. The van der Waals surface area contributed by atoms with Crippen molar-refractivity contribution in [3.63, 3.8) is 0 Å². The lowest BCUT2D eigenvalue weighted by Crippen LogP contribution is -2.34. The van der Waals surface area contributed by atoms with Crippen molar-refractivity contribution in [2.45, 2.75) is 38.5 Å². The molecule has 5 heteroatoms. The monoisotopic (exact) mass is 279 g/mol. The Morgan fingerprint density at radius 3 is 2.74 bits per heavy atom. The second kappa shape index (κ2) is 4.63. The Hall–Kier alpha value is -1.36. The lowest BCUT2D eigenvalue weighted by molar-refractivity contribution is -0.143. The molecule has 102 valence electrons. The summed E-state index contributed by atoms with van der Waals surface area (Å²) in [7, 11) is 0. The normalized spacial score (nSPS) is 19.6. The van der Waals surface area contributed by atoms with Gasteiger partial charge in [0, 0.05) is 16.8 Å². The van der Waals surface area contributed by atoms with E-state index in [2.05, 4.69) is 5.32 Å². The molecule has 1 amide bonds. The average Bonchev–Trinajstić information content (AvgIpc) is 3.09. The van der Waals surface area contributed by atoms with Gasteiger partial charge in [0.1, 0.15) is 0 Å². The smallest absolute Gasteiger partial charge is 0.311 e. The third-order valence-electron chi connectivity index (χ3n) is 4.20. The molecule has 1 saturated carbocycles. The van der Waals surface area contributed by atoms with Gasteiger partial charge in [0.15, 0.2) is 0 Å². The summed E-state index contributed by atoms with van der Waals surface area (Å²) in [6.45, 7) is 0.256. The van der Waals surface area contributed by atoms with Gasteiger partial charge in [0.2, 0.25) is 0 Å². The highest BCUT2D eigenvalue weighted by Crippen LogP contribution is 2.45. The fraction of sp³-hybridized carbons (Fsp3) is 0.571. The number of thiophene rings is 1. The molecule has 4 nitrogen and oxygen atoms in total. The van der Waals surface area contributed by atoms with Gasteiger partial charge in [-0.1, -0.05) is 0 Å².